The second-order valence-corrected chi connectivity index (χ2v) is 6.27. The zero-order chi connectivity index (χ0) is 13.2. The van der Waals surface area contributed by atoms with Gasteiger partial charge in [0.05, 0.1) is 6.54 Å². The molecule has 4 nitrogen and oxygen atoms in total. The van der Waals surface area contributed by atoms with Crippen LogP contribution >= 0.6 is 0 Å². The van der Waals surface area contributed by atoms with Crippen molar-refractivity contribution in [2.45, 2.75) is 51.7 Å². The Bertz CT molecular complexity index is 406. The number of aromatic nitrogens is 2. The first-order valence-electron chi connectivity index (χ1n) is 7.72. The summed E-state index contributed by atoms with van der Waals surface area (Å²) in [6.45, 7) is 10.6. The van der Waals surface area contributed by atoms with Crippen molar-refractivity contribution >= 4 is 0 Å². The predicted molar refractivity (Wildman–Crippen MR) is 77.1 cm³/mol. The summed E-state index contributed by atoms with van der Waals surface area (Å²) in [6, 6.07) is 1.31. The lowest BCUT2D eigenvalue weighted by Crippen LogP contribution is -2.35. The standard InChI is InChI=1S/C15H26N4/c1-13(2)19-10-6-16-15(19)12-17-9-5-14(11-17)18-7-3-4-8-18/h6,10,13-14H,3-5,7-9,11-12H2,1-2H3/t14-/m1/s1. The van der Waals surface area contributed by atoms with Crippen LogP contribution in [0.2, 0.25) is 0 Å². The first kappa shape index (κ1) is 13.1. The molecule has 0 aromatic carbocycles. The third-order valence-corrected chi connectivity index (χ3v) is 4.57. The molecule has 0 amide bonds. The summed E-state index contributed by atoms with van der Waals surface area (Å²) >= 11 is 0. The quantitative estimate of drug-likeness (QED) is 0.831. The Balaban J connectivity index is 1.57. The van der Waals surface area contributed by atoms with Gasteiger partial charge < -0.3 is 4.57 Å². The van der Waals surface area contributed by atoms with E-state index in [-0.39, 0.29) is 0 Å². The maximum absolute atomic E-state index is 4.53. The smallest absolute Gasteiger partial charge is 0.123 e. The summed E-state index contributed by atoms with van der Waals surface area (Å²) < 4.78 is 2.29. The zero-order valence-electron chi connectivity index (χ0n) is 12.3. The minimum absolute atomic E-state index is 0.509. The zero-order valence-corrected chi connectivity index (χ0v) is 12.3. The van der Waals surface area contributed by atoms with E-state index in [1.807, 2.05) is 6.20 Å². The van der Waals surface area contributed by atoms with Crippen molar-refractivity contribution in [1.29, 1.82) is 0 Å². The summed E-state index contributed by atoms with van der Waals surface area (Å²) in [5.74, 6) is 1.22. The van der Waals surface area contributed by atoms with Crippen molar-refractivity contribution in [3.05, 3.63) is 18.2 Å². The minimum atomic E-state index is 0.509. The molecule has 0 bridgehead atoms. The first-order chi connectivity index (χ1) is 9.24. The van der Waals surface area contributed by atoms with Gasteiger partial charge in [-0.15, -0.1) is 0 Å². The molecule has 2 aliphatic rings. The molecule has 2 fully saturated rings. The second-order valence-electron chi connectivity index (χ2n) is 6.27. The topological polar surface area (TPSA) is 24.3 Å². The predicted octanol–water partition coefficient (Wildman–Crippen LogP) is 2.13. The van der Waals surface area contributed by atoms with Gasteiger partial charge in [-0.05, 0) is 46.2 Å². The van der Waals surface area contributed by atoms with Crippen molar-refractivity contribution in [3.8, 4) is 0 Å². The van der Waals surface area contributed by atoms with Crippen molar-refractivity contribution in [2.24, 2.45) is 0 Å². The van der Waals surface area contributed by atoms with E-state index in [4.69, 9.17) is 0 Å². The summed E-state index contributed by atoms with van der Waals surface area (Å²) in [5, 5.41) is 0. The fraction of sp³-hybridized carbons (Fsp3) is 0.800. The Morgan fingerprint density at radius 3 is 2.79 bits per heavy atom. The van der Waals surface area contributed by atoms with Crippen LogP contribution in [0, 0.1) is 0 Å². The molecular weight excluding hydrogens is 236 g/mol. The third-order valence-electron chi connectivity index (χ3n) is 4.57. The van der Waals surface area contributed by atoms with Gasteiger partial charge >= 0.3 is 0 Å². The maximum Gasteiger partial charge on any atom is 0.123 e. The van der Waals surface area contributed by atoms with Gasteiger partial charge in [-0.2, -0.15) is 0 Å². The van der Waals surface area contributed by atoms with E-state index in [1.54, 1.807) is 0 Å². The molecule has 0 aliphatic carbocycles. The molecule has 1 aromatic heterocycles. The van der Waals surface area contributed by atoms with Crippen LogP contribution in [-0.4, -0.2) is 51.6 Å². The van der Waals surface area contributed by atoms with Crippen LogP contribution in [0.15, 0.2) is 12.4 Å². The number of likely N-dealkylation sites (tertiary alicyclic amines) is 2. The number of nitrogens with zero attached hydrogens (tertiary/aromatic N) is 4. The van der Waals surface area contributed by atoms with Gasteiger partial charge in [-0.1, -0.05) is 0 Å². The fourth-order valence-corrected chi connectivity index (χ4v) is 3.50. The highest BCUT2D eigenvalue weighted by Gasteiger charge is 2.29. The fourth-order valence-electron chi connectivity index (χ4n) is 3.50. The molecule has 2 aliphatic heterocycles. The molecule has 1 atom stereocenters. The van der Waals surface area contributed by atoms with Gasteiger partial charge in [-0.3, -0.25) is 9.80 Å². The van der Waals surface area contributed by atoms with E-state index in [1.165, 1.54) is 51.3 Å². The second kappa shape index (κ2) is 5.63. The summed E-state index contributed by atoms with van der Waals surface area (Å²) in [4.78, 5) is 9.79. The van der Waals surface area contributed by atoms with E-state index in [2.05, 4.69) is 39.4 Å². The van der Waals surface area contributed by atoms with Crippen molar-refractivity contribution in [1.82, 2.24) is 19.4 Å². The average molecular weight is 262 g/mol. The molecule has 106 valence electrons. The lowest BCUT2D eigenvalue weighted by atomic mass is 10.2. The molecule has 0 saturated carbocycles. The van der Waals surface area contributed by atoms with Crippen LogP contribution < -0.4 is 0 Å². The molecule has 19 heavy (non-hydrogen) atoms. The van der Waals surface area contributed by atoms with Crippen LogP contribution in [0.4, 0.5) is 0 Å². The number of rotatable bonds is 4. The van der Waals surface area contributed by atoms with E-state index in [0.29, 0.717) is 6.04 Å². The van der Waals surface area contributed by atoms with Gasteiger partial charge in [0, 0.05) is 37.6 Å². The van der Waals surface area contributed by atoms with Gasteiger partial charge in [0.25, 0.3) is 0 Å². The van der Waals surface area contributed by atoms with Gasteiger partial charge in [0.1, 0.15) is 5.82 Å². The molecule has 3 rings (SSSR count). The molecule has 0 N–H and O–H groups in total. The maximum atomic E-state index is 4.53. The first-order valence-corrected chi connectivity index (χ1v) is 7.72. The van der Waals surface area contributed by atoms with Crippen LogP contribution in [0.1, 0.15) is 45.0 Å². The highest BCUT2D eigenvalue weighted by Crippen LogP contribution is 2.22. The monoisotopic (exact) mass is 262 g/mol. The highest BCUT2D eigenvalue weighted by molar-refractivity contribution is 4.96. The Labute approximate surface area is 116 Å². The molecule has 2 saturated heterocycles. The summed E-state index contributed by atoms with van der Waals surface area (Å²) in [6.07, 6.45) is 8.17. The Morgan fingerprint density at radius 2 is 2.05 bits per heavy atom. The van der Waals surface area contributed by atoms with E-state index >= 15 is 0 Å². The Hall–Kier alpha value is -0.870. The summed E-state index contributed by atoms with van der Waals surface area (Å²) in [5.41, 5.74) is 0. The summed E-state index contributed by atoms with van der Waals surface area (Å²) in [7, 11) is 0. The van der Waals surface area contributed by atoms with E-state index in [0.717, 1.165) is 12.6 Å². The average Bonchev–Trinajstić information content (AvgIpc) is 3.09. The van der Waals surface area contributed by atoms with Crippen molar-refractivity contribution in [2.75, 3.05) is 26.2 Å². The molecule has 0 spiro atoms. The highest BCUT2D eigenvalue weighted by atomic mass is 15.3. The van der Waals surface area contributed by atoms with Crippen molar-refractivity contribution < 1.29 is 0 Å². The Morgan fingerprint density at radius 1 is 1.26 bits per heavy atom. The number of imidazole rings is 1. The van der Waals surface area contributed by atoms with E-state index in [9.17, 15) is 0 Å². The SMILES string of the molecule is CC(C)n1ccnc1CN1CC[C@@H](N2CCCC2)C1. The number of hydrogen-bond acceptors (Lipinski definition) is 3. The van der Waals surface area contributed by atoms with Crippen LogP contribution in [0.25, 0.3) is 0 Å². The van der Waals surface area contributed by atoms with Crippen LogP contribution in [0.3, 0.4) is 0 Å². The van der Waals surface area contributed by atoms with Crippen molar-refractivity contribution in [3.63, 3.8) is 0 Å². The third kappa shape index (κ3) is 2.84. The lowest BCUT2D eigenvalue weighted by molar-refractivity contribution is 0.226. The lowest BCUT2D eigenvalue weighted by Gasteiger charge is -2.24. The largest absolute Gasteiger partial charge is 0.331 e. The molecular formula is C15H26N4. The van der Waals surface area contributed by atoms with Gasteiger partial charge in [0.2, 0.25) is 0 Å². The Kier molecular flexibility index (Phi) is 3.89. The van der Waals surface area contributed by atoms with E-state index < -0.39 is 0 Å². The normalized spacial score (nSPS) is 25.7. The van der Waals surface area contributed by atoms with Crippen LogP contribution in [0.5, 0.6) is 0 Å². The van der Waals surface area contributed by atoms with Gasteiger partial charge in [0.15, 0.2) is 0 Å². The van der Waals surface area contributed by atoms with Gasteiger partial charge in [-0.25, -0.2) is 4.98 Å². The molecule has 0 radical (unpaired) electrons. The molecule has 4 heteroatoms. The minimum Gasteiger partial charge on any atom is -0.331 e. The molecule has 3 heterocycles. The molecule has 0 unspecified atom stereocenters. The number of hydrogen-bond donors (Lipinski definition) is 0. The van der Waals surface area contributed by atoms with Crippen LogP contribution in [-0.2, 0) is 6.54 Å². The molecule has 1 aromatic rings.